The van der Waals surface area contributed by atoms with E-state index in [9.17, 15) is 22.8 Å². The van der Waals surface area contributed by atoms with Crippen molar-refractivity contribution in [2.24, 2.45) is 0 Å². The van der Waals surface area contributed by atoms with Gasteiger partial charge in [-0.15, -0.1) is 0 Å². The quantitative estimate of drug-likeness (QED) is 0.632. The fraction of sp³-hybridized carbons (Fsp3) is 0.857. The van der Waals surface area contributed by atoms with Gasteiger partial charge in [0.05, 0.1) is 7.11 Å². The zero-order valence-corrected chi connectivity index (χ0v) is 14.9. The fourth-order valence-electron chi connectivity index (χ4n) is 1.25. The molecule has 1 N–H and O–H groups in total. The number of likely N-dealkylation sites (tertiary alicyclic amines) is 1. The van der Waals surface area contributed by atoms with Crippen molar-refractivity contribution in [2.75, 3.05) is 33.8 Å². The Labute approximate surface area is 136 Å². The minimum absolute atomic E-state index is 0.559. The van der Waals surface area contributed by atoms with Crippen molar-refractivity contribution in [3.05, 3.63) is 0 Å². The van der Waals surface area contributed by atoms with Gasteiger partial charge in [-0.3, -0.25) is 9.63 Å². The topological polar surface area (TPSA) is 61.9 Å². The third-order valence-electron chi connectivity index (χ3n) is 2.27. The van der Waals surface area contributed by atoms with Gasteiger partial charge >= 0.3 is 12.2 Å². The fourth-order valence-corrected chi connectivity index (χ4v) is 1.25. The lowest BCUT2D eigenvalue weighted by atomic mass is 10.4. The van der Waals surface area contributed by atoms with E-state index in [1.54, 1.807) is 0 Å². The minimum Gasteiger partial charge on any atom is -0.329 e. The van der Waals surface area contributed by atoms with Gasteiger partial charge in [0.15, 0.2) is 0 Å². The molecule has 1 saturated heterocycles. The molecule has 1 aliphatic rings. The van der Waals surface area contributed by atoms with E-state index in [4.69, 9.17) is 0 Å². The highest BCUT2D eigenvalue weighted by atomic mass is 19.4. The van der Waals surface area contributed by atoms with Crippen molar-refractivity contribution in [1.82, 2.24) is 15.3 Å². The number of halogens is 3. The van der Waals surface area contributed by atoms with Crippen LogP contribution in [0.4, 0.5) is 18.0 Å². The smallest absolute Gasteiger partial charge is 0.329 e. The van der Waals surface area contributed by atoms with Crippen LogP contribution in [-0.2, 0) is 9.63 Å². The zero-order valence-electron chi connectivity index (χ0n) is 14.9. The molecule has 0 unspecified atom stereocenters. The summed E-state index contributed by atoms with van der Waals surface area (Å²) in [7, 11) is 2.95. The van der Waals surface area contributed by atoms with Crippen LogP contribution in [0.25, 0.3) is 0 Å². The SMILES string of the molecule is CC.CC.CON(C)C=O.O=C(NCC(F)(F)F)N1CCCC1. The van der Waals surface area contributed by atoms with Gasteiger partial charge in [-0.1, -0.05) is 27.7 Å². The molecule has 1 fully saturated rings. The largest absolute Gasteiger partial charge is 0.405 e. The molecule has 1 rings (SSSR count). The number of amides is 3. The number of carbonyl (C=O) groups excluding carboxylic acids is 2. The normalized spacial score (nSPS) is 12.5. The van der Waals surface area contributed by atoms with E-state index in [1.165, 1.54) is 19.1 Å². The lowest BCUT2D eigenvalue weighted by Crippen LogP contribution is -2.42. The van der Waals surface area contributed by atoms with E-state index in [1.807, 2.05) is 33.0 Å². The maximum atomic E-state index is 11.7. The van der Waals surface area contributed by atoms with Crippen molar-refractivity contribution in [3.8, 4) is 0 Å². The third-order valence-corrected chi connectivity index (χ3v) is 2.27. The van der Waals surface area contributed by atoms with E-state index in [2.05, 4.69) is 4.84 Å². The summed E-state index contributed by atoms with van der Waals surface area (Å²) in [5.74, 6) is 0. The van der Waals surface area contributed by atoms with Crippen LogP contribution < -0.4 is 5.32 Å². The summed E-state index contributed by atoms with van der Waals surface area (Å²) in [6.07, 6.45) is -1.99. The third kappa shape index (κ3) is 18.4. The van der Waals surface area contributed by atoms with Gasteiger partial charge in [0.1, 0.15) is 6.54 Å². The van der Waals surface area contributed by atoms with Crippen LogP contribution in [0.2, 0.25) is 0 Å². The molecule has 140 valence electrons. The number of hydroxylamine groups is 2. The summed E-state index contributed by atoms with van der Waals surface area (Å²) in [5.41, 5.74) is 0. The number of hydrogen-bond acceptors (Lipinski definition) is 3. The maximum absolute atomic E-state index is 11.7. The highest BCUT2D eigenvalue weighted by molar-refractivity contribution is 5.74. The zero-order chi connectivity index (χ0) is 18.9. The number of nitrogens with one attached hydrogen (secondary N) is 1. The first-order valence-corrected chi connectivity index (χ1v) is 7.62. The molecule has 1 aliphatic heterocycles. The van der Waals surface area contributed by atoms with Crippen molar-refractivity contribution >= 4 is 12.4 Å². The lowest BCUT2D eigenvalue weighted by molar-refractivity contribution is -0.153. The maximum Gasteiger partial charge on any atom is 0.405 e. The van der Waals surface area contributed by atoms with E-state index in [-0.39, 0.29) is 0 Å². The molecule has 0 aliphatic carbocycles. The molecule has 0 bridgehead atoms. The van der Waals surface area contributed by atoms with Crippen LogP contribution in [0.15, 0.2) is 0 Å². The number of carbonyl (C=O) groups is 2. The summed E-state index contributed by atoms with van der Waals surface area (Å²) in [4.78, 5) is 26.3. The number of hydrogen-bond donors (Lipinski definition) is 1. The Morgan fingerprint density at radius 1 is 1.22 bits per heavy atom. The second kappa shape index (κ2) is 16.9. The Hall–Kier alpha value is -1.51. The molecule has 0 saturated carbocycles. The Balaban J connectivity index is -0.000000338. The van der Waals surface area contributed by atoms with E-state index in [0.717, 1.165) is 17.9 Å². The molecule has 1 heterocycles. The van der Waals surface area contributed by atoms with E-state index < -0.39 is 18.8 Å². The highest BCUT2D eigenvalue weighted by Gasteiger charge is 2.29. The Bertz CT molecular complexity index is 284. The van der Waals surface area contributed by atoms with Crippen LogP contribution in [0.1, 0.15) is 40.5 Å². The summed E-state index contributed by atoms with van der Waals surface area (Å²) >= 11 is 0. The number of rotatable bonds is 3. The van der Waals surface area contributed by atoms with Crippen molar-refractivity contribution < 1.29 is 27.6 Å². The molecule has 0 aromatic carbocycles. The highest BCUT2D eigenvalue weighted by Crippen LogP contribution is 2.13. The van der Waals surface area contributed by atoms with Gasteiger partial charge in [-0.05, 0) is 12.8 Å². The van der Waals surface area contributed by atoms with Gasteiger partial charge in [-0.25, -0.2) is 9.86 Å². The molecule has 9 heteroatoms. The first-order chi connectivity index (χ1) is 10.8. The van der Waals surface area contributed by atoms with Gasteiger partial charge in [0.25, 0.3) is 0 Å². The van der Waals surface area contributed by atoms with Crippen LogP contribution in [0.3, 0.4) is 0 Å². The standard InChI is InChI=1S/C7H11F3N2O.C3H7NO2.2C2H6/c8-7(9,10)5-11-6(13)12-3-1-2-4-12;1-4(3-5)6-2;2*1-2/h1-5H2,(H,11,13);3H,1-2H3;2*1-2H3. The molecule has 0 radical (unpaired) electrons. The van der Waals surface area contributed by atoms with Gasteiger partial charge < -0.3 is 10.2 Å². The van der Waals surface area contributed by atoms with Gasteiger partial charge in [0.2, 0.25) is 6.41 Å². The summed E-state index contributed by atoms with van der Waals surface area (Å²) in [6.45, 7) is 7.87. The molecule has 6 nitrogen and oxygen atoms in total. The monoisotopic (exact) mass is 345 g/mol. The minimum atomic E-state index is -4.32. The number of nitrogens with zero attached hydrogens (tertiary/aromatic N) is 2. The first-order valence-electron chi connectivity index (χ1n) is 7.62. The Morgan fingerprint density at radius 3 is 1.91 bits per heavy atom. The van der Waals surface area contributed by atoms with Crippen LogP contribution >= 0.6 is 0 Å². The molecule has 0 aromatic heterocycles. The van der Waals surface area contributed by atoms with Crippen molar-refractivity contribution in [2.45, 2.75) is 46.7 Å². The molecular formula is C14H30F3N3O3. The van der Waals surface area contributed by atoms with E-state index >= 15 is 0 Å². The summed E-state index contributed by atoms with van der Waals surface area (Å²) < 4.78 is 35.0. The van der Waals surface area contributed by atoms with E-state index in [0.29, 0.717) is 19.5 Å². The van der Waals surface area contributed by atoms with Crippen LogP contribution in [0, 0.1) is 0 Å². The van der Waals surface area contributed by atoms with Crippen LogP contribution in [0.5, 0.6) is 0 Å². The average Bonchev–Trinajstić information content (AvgIpc) is 3.10. The molecule has 0 atom stereocenters. The second-order valence-corrected chi connectivity index (χ2v) is 3.80. The molecule has 23 heavy (non-hydrogen) atoms. The number of urea groups is 1. The average molecular weight is 345 g/mol. The van der Waals surface area contributed by atoms with Gasteiger partial charge in [0, 0.05) is 20.1 Å². The van der Waals surface area contributed by atoms with Crippen LogP contribution in [-0.4, -0.2) is 62.4 Å². The Morgan fingerprint density at radius 2 is 1.65 bits per heavy atom. The molecular weight excluding hydrogens is 315 g/mol. The second-order valence-electron chi connectivity index (χ2n) is 3.80. The predicted octanol–water partition coefficient (Wildman–Crippen LogP) is 3.04. The molecule has 3 amide bonds. The molecule has 0 aromatic rings. The van der Waals surface area contributed by atoms with Crippen molar-refractivity contribution in [1.29, 1.82) is 0 Å². The van der Waals surface area contributed by atoms with Gasteiger partial charge in [-0.2, -0.15) is 13.2 Å². The molecule has 0 spiro atoms. The van der Waals surface area contributed by atoms with Crippen molar-refractivity contribution in [3.63, 3.8) is 0 Å². The first kappa shape index (κ1) is 26.4. The lowest BCUT2D eigenvalue weighted by Gasteiger charge is -2.16. The Kier molecular flexibility index (Phi) is 19.3. The summed E-state index contributed by atoms with van der Waals surface area (Å²) in [5, 5.41) is 2.90. The predicted molar refractivity (Wildman–Crippen MR) is 83.8 cm³/mol. The summed E-state index contributed by atoms with van der Waals surface area (Å²) in [6, 6.07) is -0.616. The number of alkyl halides is 3.